The number of amides is 2. The van der Waals surface area contributed by atoms with Gasteiger partial charge >= 0.3 is 12.3 Å². The number of halogens is 3. The van der Waals surface area contributed by atoms with Crippen LogP contribution in [-0.2, 0) is 20.7 Å². The number of benzene rings is 1. The molecule has 1 aromatic heterocycles. The molecule has 2 fully saturated rings. The van der Waals surface area contributed by atoms with Crippen LogP contribution in [0.1, 0.15) is 71.4 Å². The fraction of sp³-hybridized carbons (Fsp3) is 0.645. The van der Waals surface area contributed by atoms with Gasteiger partial charge in [0, 0.05) is 18.5 Å². The summed E-state index contributed by atoms with van der Waals surface area (Å²) in [6, 6.07) is 3.77. The first-order valence-electron chi connectivity index (χ1n) is 15.3. The largest absolute Gasteiger partial charge is 0.492 e. The van der Waals surface area contributed by atoms with Crippen molar-refractivity contribution in [1.29, 1.82) is 0 Å². The van der Waals surface area contributed by atoms with Crippen LogP contribution in [-0.4, -0.2) is 75.8 Å². The normalized spacial score (nSPS) is 21.5. The van der Waals surface area contributed by atoms with E-state index in [9.17, 15) is 32.7 Å². The maximum atomic E-state index is 12.8. The maximum Gasteiger partial charge on any atom is 0.422 e. The molecule has 2 aliphatic rings. The average molecular weight is 623 g/mol. The van der Waals surface area contributed by atoms with Crippen molar-refractivity contribution in [1.82, 2.24) is 20.2 Å². The Balaban J connectivity index is 1.13. The molecule has 10 nitrogen and oxygen atoms in total. The molecule has 1 aromatic carbocycles. The molecule has 2 heterocycles. The molecule has 44 heavy (non-hydrogen) atoms. The van der Waals surface area contributed by atoms with Gasteiger partial charge in [0.05, 0.1) is 17.1 Å². The van der Waals surface area contributed by atoms with Gasteiger partial charge in [-0.1, -0.05) is 40.0 Å². The Bertz CT molecular complexity index is 1340. The van der Waals surface area contributed by atoms with Crippen LogP contribution in [0.5, 0.6) is 11.6 Å². The zero-order chi connectivity index (χ0) is 32.0. The smallest absolute Gasteiger partial charge is 0.422 e. The van der Waals surface area contributed by atoms with Crippen LogP contribution < -0.4 is 10.1 Å². The number of carbonyl (C=O) groups is 3. The van der Waals surface area contributed by atoms with E-state index in [0.29, 0.717) is 24.2 Å². The lowest BCUT2D eigenvalue weighted by molar-refractivity contribution is -0.153. The topological polar surface area (TPSA) is 131 Å². The molecular formula is C31H41F3N4O6. The molecule has 1 saturated heterocycles. The number of nitrogens with one attached hydrogen (secondary N) is 1. The van der Waals surface area contributed by atoms with E-state index in [1.165, 1.54) is 18.2 Å². The Morgan fingerprint density at radius 1 is 1.11 bits per heavy atom. The van der Waals surface area contributed by atoms with Crippen LogP contribution in [0.3, 0.4) is 0 Å². The first-order chi connectivity index (χ1) is 20.9. The lowest BCUT2D eigenvalue weighted by Crippen LogP contribution is -2.48. The number of hydrogen-bond donors (Lipinski definition) is 2. The number of rotatable bonds is 14. The van der Waals surface area contributed by atoms with E-state index in [1.807, 2.05) is 20.8 Å². The molecule has 2 aromatic rings. The number of ether oxygens (including phenoxy) is 2. The fourth-order valence-corrected chi connectivity index (χ4v) is 5.75. The van der Waals surface area contributed by atoms with E-state index in [0.717, 1.165) is 44.9 Å². The van der Waals surface area contributed by atoms with Crippen molar-refractivity contribution in [3.63, 3.8) is 0 Å². The van der Waals surface area contributed by atoms with Crippen LogP contribution in [0.25, 0.3) is 11.0 Å². The highest BCUT2D eigenvalue weighted by atomic mass is 19.4. The lowest BCUT2D eigenvalue weighted by Gasteiger charge is -2.28. The quantitative estimate of drug-likeness (QED) is 0.270. The van der Waals surface area contributed by atoms with Gasteiger partial charge in [-0.05, 0) is 56.1 Å². The standard InChI is InChI=1S/C31H41F3N4O6/c1-4-19-12-13-38(27(19)28(40)18(2)3)26(39)16-35-30(42)44-25-14-20(25)8-6-5-7-9-23-29(41)37-24-15-21(10-11-22(24)36-23)43-17-31(32,33)34/h10-11,15,18-20,25,27H,4-9,12-14,16-17H2,1-3H3,(H,35,42)(H,37,41)/t19?,20-,25?,27+/m1/s1. The first kappa shape index (κ1) is 33.3. The van der Waals surface area contributed by atoms with Crippen LogP contribution in [0.15, 0.2) is 18.2 Å². The summed E-state index contributed by atoms with van der Waals surface area (Å²) in [6.07, 6.45) is 0.961. The highest BCUT2D eigenvalue weighted by Crippen LogP contribution is 2.38. The summed E-state index contributed by atoms with van der Waals surface area (Å²) in [5.74, 6) is -0.246. The van der Waals surface area contributed by atoms with Crippen molar-refractivity contribution < 1.29 is 42.1 Å². The van der Waals surface area contributed by atoms with E-state index in [-0.39, 0.29) is 59.2 Å². The highest BCUT2D eigenvalue weighted by molar-refractivity contribution is 5.92. The third-order valence-corrected chi connectivity index (χ3v) is 8.31. The monoisotopic (exact) mass is 622 g/mol. The number of unbranched alkanes of at least 4 members (excludes halogenated alkanes) is 2. The van der Waals surface area contributed by atoms with Crippen molar-refractivity contribution in [2.75, 3.05) is 19.7 Å². The van der Waals surface area contributed by atoms with Gasteiger partial charge < -0.3 is 24.8 Å². The number of alkyl halides is 3. The predicted molar refractivity (Wildman–Crippen MR) is 155 cm³/mol. The number of Topliss-reactive ketones (excluding diaryl/α,β-unsaturated/α-hetero) is 1. The molecule has 1 saturated carbocycles. The molecule has 4 atom stereocenters. The maximum absolute atomic E-state index is 12.8. The number of fused-ring (bicyclic) bond motifs is 1. The number of aromatic hydroxyl groups is 1. The Morgan fingerprint density at radius 2 is 1.89 bits per heavy atom. The first-order valence-corrected chi connectivity index (χ1v) is 15.3. The summed E-state index contributed by atoms with van der Waals surface area (Å²) >= 11 is 0. The molecule has 13 heteroatoms. The van der Waals surface area contributed by atoms with Gasteiger partial charge in [-0.2, -0.15) is 13.2 Å². The summed E-state index contributed by atoms with van der Waals surface area (Å²) in [5.41, 5.74) is 1.11. The van der Waals surface area contributed by atoms with Crippen LogP contribution in [0, 0.1) is 17.8 Å². The minimum Gasteiger partial charge on any atom is -0.492 e. The molecule has 2 amide bonds. The van der Waals surface area contributed by atoms with E-state index < -0.39 is 24.9 Å². The van der Waals surface area contributed by atoms with Crippen molar-refractivity contribution in [2.45, 2.75) is 90.5 Å². The number of aryl methyl sites for hydroxylation is 1. The van der Waals surface area contributed by atoms with E-state index in [4.69, 9.17) is 9.47 Å². The summed E-state index contributed by atoms with van der Waals surface area (Å²) in [5, 5.41) is 12.8. The van der Waals surface area contributed by atoms with E-state index in [1.54, 1.807) is 4.90 Å². The van der Waals surface area contributed by atoms with Crippen LogP contribution >= 0.6 is 0 Å². The number of ketones is 1. The van der Waals surface area contributed by atoms with Gasteiger partial charge in [0.25, 0.3) is 0 Å². The Hall–Kier alpha value is -3.64. The molecule has 4 rings (SSSR count). The SMILES string of the molecule is CCC1CCN(C(=O)CNC(=O)OC2C[C@H]2CCCCCc2nc3ccc(OCC(F)(F)F)cc3nc2O)[C@@H]1C(=O)C(C)C. The molecular weight excluding hydrogens is 581 g/mol. The predicted octanol–water partition coefficient (Wildman–Crippen LogP) is 5.35. The van der Waals surface area contributed by atoms with Crippen molar-refractivity contribution >= 4 is 28.8 Å². The molecule has 1 aliphatic heterocycles. The second kappa shape index (κ2) is 14.4. The zero-order valence-electron chi connectivity index (χ0n) is 25.4. The summed E-state index contributed by atoms with van der Waals surface area (Å²) in [6.45, 7) is 4.59. The number of hydrogen-bond acceptors (Lipinski definition) is 8. The van der Waals surface area contributed by atoms with Crippen LogP contribution in [0.2, 0.25) is 0 Å². The molecule has 0 radical (unpaired) electrons. The van der Waals surface area contributed by atoms with Gasteiger partial charge in [-0.3, -0.25) is 9.59 Å². The summed E-state index contributed by atoms with van der Waals surface area (Å²) in [7, 11) is 0. The fourth-order valence-electron chi connectivity index (χ4n) is 5.75. The second-order valence-corrected chi connectivity index (χ2v) is 12.0. The molecule has 2 unspecified atom stereocenters. The van der Waals surface area contributed by atoms with Crippen molar-refractivity contribution in [3.8, 4) is 11.6 Å². The molecule has 242 valence electrons. The third kappa shape index (κ3) is 8.95. The number of alkyl carbamates (subject to hydrolysis) is 1. The highest BCUT2D eigenvalue weighted by Gasteiger charge is 2.42. The number of nitrogens with zero attached hydrogens (tertiary/aromatic N) is 3. The van der Waals surface area contributed by atoms with Gasteiger partial charge in [0.2, 0.25) is 11.8 Å². The molecule has 0 spiro atoms. The lowest BCUT2D eigenvalue weighted by atomic mass is 9.89. The second-order valence-electron chi connectivity index (χ2n) is 12.0. The Kier molecular flexibility index (Phi) is 10.9. The minimum atomic E-state index is -4.45. The van der Waals surface area contributed by atoms with Gasteiger partial charge in [-0.25, -0.2) is 14.8 Å². The Morgan fingerprint density at radius 3 is 2.59 bits per heavy atom. The molecule has 2 N–H and O–H groups in total. The zero-order valence-corrected chi connectivity index (χ0v) is 25.4. The van der Waals surface area contributed by atoms with E-state index in [2.05, 4.69) is 15.3 Å². The number of carbonyl (C=O) groups excluding carboxylic acids is 3. The molecule has 0 bridgehead atoms. The Labute approximate surface area is 254 Å². The summed E-state index contributed by atoms with van der Waals surface area (Å²) < 4.78 is 47.4. The summed E-state index contributed by atoms with van der Waals surface area (Å²) in [4.78, 5) is 47.9. The number of likely N-dealkylation sites (tertiary alicyclic amines) is 1. The van der Waals surface area contributed by atoms with E-state index >= 15 is 0 Å². The minimum absolute atomic E-state index is 0.00952. The van der Waals surface area contributed by atoms with Gasteiger partial charge in [0.1, 0.15) is 24.1 Å². The number of aromatic nitrogens is 2. The molecule has 1 aliphatic carbocycles. The van der Waals surface area contributed by atoms with Crippen molar-refractivity contribution in [3.05, 3.63) is 23.9 Å². The van der Waals surface area contributed by atoms with Crippen LogP contribution in [0.4, 0.5) is 18.0 Å². The van der Waals surface area contributed by atoms with Gasteiger partial charge in [-0.15, -0.1) is 0 Å². The average Bonchev–Trinajstić information content (AvgIpc) is 3.55. The van der Waals surface area contributed by atoms with Crippen molar-refractivity contribution in [2.24, 2.45) is 17.8 Å². The van der Waals surface area contributed by atoms with Gasteiger partial charge in [0.15, 0.2) is 12.4 Å². The third-order valence-electron chi connectivity index (χ3n) is 8.31.